The first-order chi connectivity index (χ1) is 19.5. The van der Waals surface area contributed by atoms with E-state index >= 15 is 0 Å². The minimum absolute atomic E-state index is 0.0220. The lowest BCUT2D eigenvalue weighted by molar-refractivity contribution is -0.131. The van der Waals surface area contributed by atoms with Gasteiger partial charge in [-0.15, -0.1) is 0 Å². The zero-order valence-electron chi connectivity index (χ0n) is 22.4. The fraction of sp³-hybridized carbons (Fsp3) is 0.370. The van der Waals surface area contributed by atoms with Crippen LogP contribution in [0.4, 0.5) is 0 Å². The number of nitrogens with two attached hydrogens (primary N) is 3. The number of aromatic hydroxyl groups is 1. The van der Waals surface area contributed by atoms with Crippen molar-refractivity contribution < 1.29 is 29.1 Å². The molecule has 0 aromatic heterocycles. The first kappa shape index (κ1) is 33.1. The summed E-state index contributed by atoms with van der Waals surface area (Å²) in [7, 11) is 0. The first-order valence-corrected chi connectivity index (χ1v) is 13.5. The molecule has 0 saturated heterocycles. The highest BCUT2D eigenvalue weighted by molar-refractivity contribution is 7.80. The summed E-state index contributed by atoms with van der Waals surface area (Å²) in [6.07, 6.45) is 0.468. The molecular formula is C27H37N7O6S. The summed E-state index contributed by atoms with van der Waals surface area (Å²) in [5.41, 5.74) is 18.6. The molecule has 5 amide bonds. The van der Waals surface area contributed by atoms with Crippen molar-refractivity contribution in [3.63, 3.8) is 0 Å². The quantitative estimate of drug-likeness (QED) is 0.0979. The zero-order valence-corrected chi connectivity index (χ0v) is 23.3. The Bertz CT molecular complexity index is 1180. The molecule has 1 unspecified atom stereocenters. The fourth-order valence-electron chi connectivity index (χ4n) is 3.67. The summed E-state index contributed by atoms with van der Waals surface area (Å²) in [5, 5.41) is 19.4. The van der Waals surface area contributed by atoms with E-state index in [4.69, 9.17) is 17.2 Å². The largest absolute Gasteiger partial charge is 0.508 e. The minimum Gasteiger partial charge on any atom is -0.508 e. The number of amides is 5. The summed E-state index contributed by atoms with van der Waals surface area (Å²) < 4.78 is 0. The summed E-state index contributed by atoms with van der Waals surface area (Å²) in [6.45, 7) is -0.380. The first-order valence-electron chi connectivity index (χ1n) is 12.9. The second kappa shape index (κ2) is 16.8. The van der Waals surface area contributed by atoms with Gasteiger partial charge in [0.1, 0.15) is 17.8 Å². The molecule has 0 bridgehead atoms. The van der Waals surface area contributed by atoms with Gasteiger partial charge in [-0.05, 0) is 36.1 Å². The van der Waals surface area contributed by atoms with Crippen molar-refractivity contribution in [2.24, 2.45) is 17.2 Å². The number of hydrogen-bond donors (Lipinski definition) is 9. The molecule has 14 heteroatoms. The lowest BCUT2D eigenvalue weighted by Gasteiger charge is -2.21. The summed E-state index contributed by atoms with van der Waals surface area (Å²) in [4.78, 5) is 61.5. The number of thiol groups is 1. The molecule has 13 nitrogen and oxygen atoms in total. The van der Waals surface area contributed by atoms with Gasteiger partial charge in [0.15, 0.2) is 0 Å². The fourth-order valence-corrected chi connectivity index (χ4v) is 3.94. The lowest BCUT2D eigenvalue weighted by atomic mass is 10.0. The van der Waals surface area contributed by atoms with E-state index in [9.17, 15) is 29.1 Å². The van der Waals surface area contributed by atoms with Crippen molar-refractivity contribution >= 4 is 42.2 Å². The Balaban J connectivity index is 1.81. The van der Waals surface area contributed by atoms with E-state index in [1.807, 2.05) is 0 Å². The van der Waals surface area contributed by atoms with Gasteiger partial charge in [-0.25, -0.2) is 0 Å². The van der Waals surface area contributed by atoms with Gasteiger partial charge in [0.05, 0.1) is 18.6 Å². The van der Waals surface area contributed by atoms with Crippen LogP contribution in [-0.4, -0.2) is 77.7 Å². The molecule has 0 aliphatic rings. The molecule has 11 N–H and O–H groups in total. The Kier molecular flexibility index (Phi) is 13.6. The van der Waals surface area contributed by atoms with Crippen LogP contribution in [0.15, 0.2) is 54.6 Å². The molecule has 4 atom stereocenters. The molecule has 222 valence electrons. The van der Waals surface area contributed by atoms with Gasteiger partial charge < -0.3 is 43.6 Å². The van der Waals surface area contributed by atoms with E-state index in [2.05, 4.69) is 33.9 Å². The minimum atomic E-state index is -1.06. The summed E-state index contributed by atoms with van der Waals surface area (Å²) in [6, 6.07) is 11.3. The van der Waals surface area contributed by atoms with Gasteiger partial charge in [-0.2, -0.15) is 12.6 Å². The van der Waals surface area contributed by atoms with Gasteiger partial charge >= 0.3 is 0 Å². The molecule has 0 spiro atoms. The second-order valence-corrected chi connectivity index (χ2v) is 9.70. The van der Waals surface area contributed by atoms with Crippen LogP contribution in [-0.2, 0) is 36.8 Å². The molecule has 0 saturated carbocycles. The Hall–Kier alpha value is -4.14. The van der Waals surface area contributed by atoms with Crippen LogP contribution in [0.3, 0.4) is 0 Å². The highest BCUT2D eigenvalue weighted by atomic mass is 32.1. The molecule has 2 rings (SSSR count). The smallest absolute Gasteiger partial charge is 0.243 e. The highest BCUT2D eigenvalue weighted by Crippen LogP contribution is 2.11. The van der Waals surface area contributed by atoms with Gasteiger partial charge in [-0.3, -0.25) is 24.0 Å². The van der Waals surface area contributed by atoms with Crippen molar-refractivity contribution in [3.05, 3.63) is 65.7 Å². The lowest BCUT2D eigenvalue weighted by Crippen LogP contribution is -2.55. The van der Waals surface area contributed by atoms with E-state index < -0.39 is 60.2 Å². The normalized spacial score (nSPS) is 13.6. The third kappa shape index (κ3) is 11.9. The van der Waals surface area contributed by atoms with Crippen LogP contribution in [0.2, 0.25) is 0 Å². The maximum Gasteiger partial charge on any atom is 0.243 e. The zero-order chi connectivity index (χ0) is 30.4. The standard InChI is InChI=1S/C27H37N7O6S/c28-19(10-11-31-26(39)20(29)12-17-6-8-18(35)9-7-17)25(38)32-14-23(36)33-21(13-16-4-2-1-3-5-16)27(40)34-22(15-41)24(30)37/h1-9,19-22,35,41H,10-15,28-29H2,(H2,30,37)(H,31,39)(H,32,38)(H,33,36)(H,34,40)/t19?,20-,21-,22-/m0/s1. The number of carbonyl (C=O) groups is 5. The van der Waals surface area contributed by atoms with Crippen LogP contribution in [0.25, 0.3) is 0 Å². The Morgan fingerprint density at radius 2 is 1.37 bits per heavy atom. The van der Waals surface area contributed by atoms with Gasteiger partial charge in [0.25, 0.3) is 0 Å². The maximum absolute atomic E-state index is 12.8. The third-order valence-corrected chi connectivity index (χ3v) is 6.39. The number of nitrogens with one attached hydrogen (secondary N) is 4. The topological polar surface area (TPSA) is 232 Å². The number of phenolic OH excluding ortho intramolecular Hbond substituents is 1. The number of primary amides is 1. The van der Waals surface area contributed by atoms with E-state index in [-0.39, 0.29) is 37.3 Å². The SMILES string of the molecule is NC(=O)[C@H](CS)NC(=O)[C@H](Cc1ccccc1)NC(=O)CNC(=O)C(N)CCNC(=O)[C@@H](N)Cc1ccc(O)cc1. The molecule has 2 aromatic carbocycles. The molecule has 0 fully saturated rings. The predicted molar refractivity (Wildman–Crippen MR) is 155 cm³/mol. The Labute approximate surface area is 243 Å². The van der Waals surface area contributed by atoms with Crippen LogP contribution in [0, 0.1) is 0 Å². The Morgan fingerprint density at radius 1 is 0.756 bits per heavy atom. The van der Waals surface area contributed by atoms with Crippen molar-refractivity contribution in [3.8, 4) is 5.75 Å². The molecule has 0 aliphatic carbocycles. The monoisotopic (exact) mass is 587 g/mol. The van der Waals surface area contributed by atoms with Gasteiger partial charge in [-0.1, -0.05) is 42.5 Å². The predicted octanol–water partition coefficient (Wildman–Crippen LogP) is -2.16. The van der Waals surface area contributed by atoms with E-state index in [0.29, 0.717) is 0 Å². The summed E-state index contributed by atoms with van der Waals surface area (Å²) >= 11 is 4.01. The third-order valence-electron chi connectivity index (χ3n) is 6.02. The van der Waals surface area contributed by atoms with E-state index in [0.717, 1.165) is 11.1 Å². The molecule has 2 aromatic rings. The number of benzene rings is 2. The van der Waals surface area contributed by atoms with Gasteiger partial charge in [0.2, 0.25) is 29.5 Å². The van der Waals surface area contributed by atoms with Crippen molar-refractivity contribution in [1.29, 1.82) is 0 Å². The summed E-state index contributed by atoms with van der Waals surface area (Å²) in [5.74, 6) is -3.03. The molecular weight excluding hydrogens is 550 g/mol. The molecule has 0 heterocycles. The molecule has 0 aliphatic heterocycles. The van der Waals surface area contributed by atoms with Crippen LogP contribution in [0.1, 0.15) is 17.5 Å². The van der Waals surface area contributed by atoms with Gasteiger partial charge in [0, 0.05) is 18.7 Å². The van der Waals surface area contributed by atoms with Crippen molar-refractivity contribution in [1.82, 2.24) is 21.3 Å². The van der Waals surface area contributed by atoms with Crippen LogP contribution < -0.4 is 38.5 Å². The number of rotatable bonds is 16. The number of carbonyl (C=O) groups excluding carboxylic acids is 5. The average molecular weight is 588 g/mol. The maximum atomic E-state index is 12.8. The number of hydrogen-bond acceptors (Lipinski definition) is 9. The Morgan fingerprint density at radius 3 is 1.98 bits per heavy atom. The second-order valence-electron chi connectivity index (χ2n) is 9.34. The van der Waals surface area contributed by atoms with Crippen LogP contribution >= 0.6 is 12.6 Å². The van der Waals surface area contributed by atoms with Crippen molar-refractivity contribution in [2.45, 2.75) is 43.4 Å². The van der Waals surface area contributed by atoms with E-state index in [1.165, 1.54) is 12.1 Å². The van der Waals surface area contributed by atoms with Crippen molar-refractivity contribution in [2.75, 3.05) is 18.8 Å². The molecule has 0 radical (unpaired) electrons. The van der Waals surface area contributed by atoms with Crippen LogP contribution in [0.5, 0.6) is 5.75 Å². The van der Waals surface area contributed by atoms with E-state index in [1.54, 1.807) is 42.5 Å². The number of phenols is 1. The molecule has 41 heavy (non-hydrogen) atoms. The average Bonchev–Trinajstić information content (AvgIpc) is 2.95. The highest BCUT2D eigenvalue weighted by Gasteiger charge is 2.26.